The lowest BCUT2D eigenvalue weighted by atomic mass is 10.1. The van der Waals surface area contributed by atoms with Crippen molar-refractivity contribution in [1.82, 2.24) is 4.37 Å². The van der Waals surface area contributed by atoms with Gasteiger partial charge in [0.05, 0.1) is 5.56 Å². The van der Waals surface area contributed by atoms with Gasteiger partial charge >= 0.3 is 0 Å². The lowest BCUT2D eigenvalue weighted by Gasteiger charge is -2.23. The number of nitrogens with one attached hydrogen (secondary N) is 1. The van der Waals surface area contributed by atoms with Crippen LogP contribution in [0.2, 0.25) is 0 Å². The summed E-state index contributed by atoms with van der Waals surface area (Å²) in [5.41, 5.74) is 8.23. The maximum absolute atomic E-state index is 6.03. The molecule has 0 bridgehead atoms. The van der Waals surface area contributed by atoms with E-state index in [1.54, 1.807) is 0 Å². The van der Waals surface area contributed by atoms with E-state index in [-0.39, 0.29) is 0 Å². The Morgan fingerprint density at radius 3 is 2.63 bits per heavy atom. The zero-order valence-electron chi connectivity index (χ0n) is 10.6. The van der Waals surface area contributed by atoms with E-state index in [1.807, 2.05) is 30.0 Å². The molecule has 2 heterocycles. The molecule has 0 saturated carbocycles. The molecular formula is C14H17N3S2. The zero-order chi connectivity index (χ0) is 13.1. The first kappa shape index (κ1) is 12.8. The maximum Gasteiger partial charge on any atom is 0.147 e. The molecule has 0 aliphatic carbocycles. The third-order valence-corrected chi connectivity index (χ3v) is 5.18. The number of benzene rings is 1. The molecule has 0 radical (unpaired) electrons. The second kappa shape index (κ2) is 5.84. The molecule has 3 nitrogen and oxygen atoms in total. The minimum atomic E-state index is 0.559. The van der Waals surface area contributed by atoms with E-state index < -0.39 is 0 Å². The van der Waals surface area contributed by atoms with Gasteiger partial charge in [-0.2, -0.15) is 16.1 Å². The van der Waals surface area contributed by atoms with Gasteiger partial charge in [-0.05, 0) is 41.4 Å². The van der Waals surface area contributed by atoms with Gasteiger partial charge in [0.25, 0.3) is 0 Å². The highest BCUT2D eigenvalue weighted by molar-refractivity contribution is 7.99. The van der Waals surface area contributed by atoms with Crippen LogP contribution < -0.4 is 11.1 Å². The Kier molecular flexibility index (Phi) is 3.94. The van der Waals surface area contributed by atoms with Crippen LogP contribution in [0, 0.1) is 0 Å². The number of hydrogen-bond acceptors (Lipinski definition) is 5. The van der Waals surface area contributed by atoms with Crippen molar-refractivity contribution >= 4 is 34.1 Å². The molecule has 3 N–H and O–H groups in total. The highest BCUT2D eigenvalue weighted by Crippen LogP contribution is 2.37. The monoisotopic (exact) mass is 291 g/mol. The highest BCUT2D eigenvalue weighted by atomic mass is 32.2. The van der Waals surface area contributed by atoms with Gasteiger partial charge in [-0.3, -0.25) is 0 Å². The Morgan fingerprint density at radius 2 is 1.89 bits per heavy atom. The van der Waals surface area contributed by atoms with Gasteiger partial charge in [0.2, 0.25) is 0 Å². The molecule has 0 spiro atoms. The summed E-state index contributed by atoms with van der Waals surface area (Å²) in [4.78, 5) is 0. The summed E-state index contributed by atoms with van der Waals surface area (Å²) in [5.74, 6) is 3.11. The molecule has 1 aliphatic rings. The summed E-state index contributed by atoms with van der Waals surface area (Å²) >= 11 is 3.51. The quantitative estimate of drug-likeness (QED) is 0.905. The van der Waals surface area contributed by atoms with E-state index in [0.29, 0.717) is 11.9 Å². The largest absolute Gasteiger partial charge is 0.382 e. The summed E-state index contributed by atoms with van der Waals surface area (Å²) in [5, 5.41) is 4.74. The number of nitrogens with zero attached hydrogens (tertiary/aromatic N) is 1. The molecule has 1 aromatic carbocycles. The molecule has 3 rings (SSSR count). The van der Waals surface area contributed by atoms with Crippen molar-refractivity contribution < 1.29 is 0 Å². The molecule has 1 aromatic heterocycles. The first-order valence-corrected chi connectivity index (χ1v) is 8.42. The van der Waals surface area contributed by atoms with E-state index in [4.69, 9.17) is 5.73 Å². The number of thioether (sulfide) groups is 1. The summed E-state index contributed by atoms with van der Waals surface area (Å²) < 4.78 is 4.31. The minimum Gasteiger partial charge on any atom is -0.382 e. The van der Waals surface area contributed by atoms with Crippen molar-refractivity contribution in [3.8, 4) is 11.1 Å². The second-order valence-corrected chi connectivity index (χ2v) is 6.67. The molecule has 0 atom stereocenters. The molecule has 0 amide bonds. The van der Waals surface area contributed by atoms with Crippen molar-refractivity contribution in [3.63, 3.8) is 0 Å². The minimum absolute atomic E-state index is 0.559. The number of hydrogen-bond donors (Lipinski definition) is 2. The molecular weight excluding hydrogens is 274 g/mol. The predicted octanol–water partition coefficient (Wildman–Crippen LogP) is 3.70. The smallest absolute Gasteiger partial charge is 0.147 e. The van der Waals surface area contributed by atoms with Gasteiger partial charge < -0.3 is 11.1 Å². The van der Waals surface area contributed by atoms with E-state index in [1.165, 1.54) is 35.9 Å². The fourth-order valence-corrected chi connectivity index (χ4v) is 4.23. The third-order valence-electron chi connectivity index (χ3n) is 3.34. The van der Waals surface area contributed by atoms with E-state index >= 15 is 0 Å². The SMILES string of the molecule is Nc1nsc(NC2CCSCC2)c1-c1ccccc1. The van der Waals surface area contributed by atoms with E-state index in [0.717, 1.165) is 16.1 Å². The Labute approximate surface area is 121 Å². The lowest BCUT2D eigenvalue weighted by Crippen LogP contribution is -2.24. The van der Waals surface area contributed by atoms with E-state index in [9.17, 15) is 0 Å². The Hall–Kier alpha value is -1.20. The maximum atomic E-state index is 6.03. The molecule has 1 aliphatic heterocycles. The van der Waals surface area contributed by atoms with Crippen LogP contribution in [0.3, 0.4) is 0 Å². The first-order chi connectivity index (χ1) is 9.34. The first-order valence-electron chi connectivity index (χ1n) is 6.49. The highest BCUT2D eigenvalue weighted by Gasteiger charge is 2.18. The number of anilines is 2. The van der Waals surface area contributed by atoms with Crippen molar-refractivity contribution in [2.45, 2.75) is 18.9 Å². The number of nitrogen functional groups attached to an aromatic ring is 1. The van der Waals surface area contributed by atoms with Gasteiger partial charge in [0.1, 0.15) is 10.8 Å². The number of aromatic nitrogens is 1. The van der Waals surface area contributed by atoms with Gasteiger partial charge in [0, 0.05) is 6.04 Å². The summed E-state index contributed by atoms with van der Waals surface area (Å²) in [6.45, 7) is 0. The second-order valence-electron chi connectivity index (χ2n) is 4.67. The lowest BCUT2D eigenvalue weighted by molar-refractivity contribution is 0.669. The van der Waals surface area contributed by atoms with Crippen LogP contribution in [0.5, 0.6) is 0 Å². The van der Waals surface area contributed by atoms with Crippen LogP contribution in [0.15, 0.2) is 30.3 Å². The van der Waals surface area contributed by atoms with Crippen LogP contribution >= 0.6 is 23.3 Å². The zero-order valence-corrected chi connectivity index (χ0v) is 12.3. The van der Waals surface area contributed by atoms with Crippen molar-refractivity contribution in [3.05, 3.63) is 30.3 Å². The van der Waals surface area contributed by atoms with Crippen LogP contribution in [0.4, 0.5) is 10.8 Å². The Bertz CT molecular complexity index is 533. The van der Waals surface area contributed by atoms with Crippen LogP contribution in [0.25, 0.3) is 11.1 Å². The Balaban J connectivity index is 1.86. The summed E-state index contributed by atoms with van der Waals surface area (Å²) in [6, 6.07) is 10.8. The van der Waals surface area contributed by atoms with Crippen molar-refractivity contribution in [2.75, 3.05) is 22.6 Å². The average molecular weight is 291 g/mol. The fraction of sp³-hybridized carbons (Fsp3) is 0.357. The van der Waals surface area contributed by atoms with Gasteiger partial charge in [-0.25, -0.2) is 0 Å². The molecule has 1 saturated heterocycles. The predicted molar refractivity (Wildman–Crippen MR) is 85.9 cm³/mol. The van der Waals surface area contributed by atoms with Gasteiger partial charge in [0.15, 0.2) is 0 Å². The van der Waals surface area contributed by atoms with Gasteiger partial charge in [-0.1, -0.05) is 30.3 Å². The molecule has 0 unspecified atom stereocenters. The molecule has 19 heavy (non-hydrogen) atoms. The van der Waals surface area contributed by atoms with Crippen molar-refractivity contribution in [1.29, 1.82) is 0 Å². The van der Waals surface area contributed by atoms with Crippen molar-refractivity contribution in [2.24, 2.45) is 0 Å². The molecule has 5 heteroatoms. The summed E-state index contributed by atoms with van der Waals surface area (Å²) in [6.07, 6.45) is 2.44. The standard InChI is InChI=1S/C14H17N3S2/c15-13-12(10-4-2-1-3-5-10)14(19-17-13)16-11-6-8-18-9-7-11/h1-5,11,16H,6-9H2,(H2,15,17). The van der Waals surface area contributed by atoms with Crippen LogP contribution in [-0.2, 0) is 0 Å². The summed E-state index contributed by atoms with van der Waals surface area (Å²) in [7, 11) is 0. The molecule has 2 aromatic rings. The Morgan fingerprint density at radius 1 is 1.16 bits per heavy atom. The average Bonchev–Trinajstić information content (AvgIpc) is 2.82. The number of nitrogens with two attached hydrogens (primary N) is 1. The normalized spacial score (nSPS) is 16.4. The third kappa shape index (κ3) is 2.87. The van der Waals surface area contributed by atoms with Crippen LogP contribution in [0.1, 0.15) is 12.8 Å². The van der Waals surface area contributed by atoms with Gasteiger partial charge in [-0.15, -0.1) is 0 Å². The van der Waals surface area contributed by atoms with E-state index in [2.05, 4.69) is 21.8 Å². The molecule has 100 valence electrons. The number of rotatable bonds is 3. The topological polar surface area (TPSA) is 50.9 Å². The van der Waals surface area contributed by atoms with Crippen LogP contribution in [-0.4, -0.2) is 21.9 Å². The fourth-order valence-electron chi connectivity index (χ4n) is 2.31. The molecule has 1 fully saturated rings.